The topological polar surface area (TPSA) is 67.2 Å². The predicted molar refractivity (Wildman–Crippen MR) is 135 cm³/mol. The standard InChI is InChI=1S/C28H34N4O2/c33-27(29-19-21-9-11-22(12-10-21)20-31-17-5-1-2-6-18-31)16-15-26-30-25-8-4-3-7-24(25)28(34)32(26)23-13-14-23/h3-4,7-12,23H,1-2,5-6,13-20H2,(H,29,33). The quantitative estimate of drug-likeness (QED) is 0.545. The molecule has 0 unspecified atom stereocenters. The van der Waals surface area contributed by atoms with Gasteiger partial charge in [-0.15, -0.1) is 0 Å². The maximum atomic E-state index is 13.0. The van der Waals surface area contributed by atoms with Crippen LogP contribution in [0.25, 0.3) is 10.9 Å². The molecule has 3 aromatic rings. The molecule has 2 fully saturated rings. The minimum atomic E-state index is -0.0154. The highest BCUT2D eigenvalue weighted by Gasteiger charge is 2.28. The van der Waals surface area contributed by atoms with Crippen LogP contribution in [0.1, 0.15) is 67.9 Å². The van der Waals surface area contributed by atoms with Gasteiger partial charge in [0, 0.05) is 32.0 Å². The molecule has 1 amide bonds. The normalized spacial score (nSPS) is 16.9. The molecule has 0 atom stereocenters. The van der Waals surface area contributed by atoms with E-state index in [1.165, 1.54) is 44.3 Å². The van der Waals surface area contributed by atoms with Crippen LogP contribution < -0.4 is 10.9 Å². The fourth-order valence-corrected chi connectivity index (χ4v) is 4.91. The van der Waals surface area contributed by atoms with Gasteiger partial charge in [-0.2, -0.15) is 0 Å². The number of nitrogens with zero attached hydrogens (tertiary/aromatic N) is 3. The van der Waals surface area contributed by atoms with E-state index in [9.17, 15) is 9.59 Å². The lowest BCUT2D eigenvalue weighted by Gasteiger charge is -2.19. The number of rotatable bonds is 8. The zero-order valence-corrected chi connectivity index (χ0v) is 19.8. The van der Waals surface area contributed by atoms with Gasteiger partial charge in [0.15, 0.2) is 0 Å². The Morgan fingerprint density at radius 3 is 2.38 bits per heavy atom. The number of fused-ring (bicyclic) bond motifs is 1. The van der Waals surface area contributed by atoms with E-state index in [1.54, 1.807) is 0 Å². The summed E-state index contributed by atoms with van der Waals surface area (Å²) in [7, 11) is 0. The molecule has 1 aliphatic carbocycles. The van der Waals surface area contributed by atoms with E-state index in [2.05, 4.69) is 34.5 Å². The lowest BCUT2D eigenvalue weighted by molar-refractivity contribution is -0.121. The van der Waals surface area contributed by atoms with E-state index < -0.39 is 0 Å². The van der Waals surface area contributed by atoms with Gasteiger partial charge >= 0.3 is 0 Å². The number of likely N-dealkylation sites (tertiary alicyclic amines) is 1. The average Bonchev–Trinajstić information content (AvgIpc) is 3.71. The van der Waals surface area contributed by atoms with Gasteiger partial charge in [0.2, 0.25) is 5.91 Å². The number of carbonyl (C=O) groups excluding carboxylic acids is 1. The van der Waals surface area contributed by atoms with Crippen LogP contribution in [0.4, 0.5) is 0 Å². The first-order valence-electron chi connectivity index (χ1n) is 12.7. The maximum Gasteiger partial charge on any atom is 0.261 e. The van der Waals surface area contributed by atoms with Crippen LogP contribution in [-0.4, -0.2) is 33.4 Å². The number of nitrogens with one attached hydrogen (secondary N) is 1. The van der Waals surface area contributed by atoms with E-state index in [4.69, 9.17) is 4.98 Å². The molecule has 2 heterocycles. The summed E-state index contributed by atoms with van der Waals surface area (Å²) < 4.78 is 1.82. The van der Waals surface area contributed by atoms with Crippen LogP contribution in [0.15, 0.2) is 53.3 Å². The molecule has 34 heavy (non-hydrogen) atoms. The van der Waals surface area contributed by atoms with Crippen LogP contribution in [0, 0.1) is 0 Å². The van der Waals surface area contributed by atoms with E-state index in [0.717, 1.165) is 30.8 Å². The van der Waals surface area contributed by atoms with Crippen LogP contribution in [0.3, 0.4) is 0 Å². The van der Waals surface area contributed by atoms with Crippen LogP contribution in [0.2, 0.25) is 0 Å². The second-order valence-corrected chi connectivity index (χ2v) is 9.74. The summed E-state index contributed by atoms with van der Waals surface area (Å²) >= 11 is 0. The monoisotopic (exact) mass is 458 g/mol. The number of carbonyl (C=O) groups is 1. The van der Waals surface area contributed by atoms with Crippen molar-refractivity contribution in [1.29, 1.82) is 0 Å². The number of aryl methyl sites for hydroxylation is 1. The molecule has 1 aromatic heterocycles. The molecule has 1 aliphatic heterocycles. The van der Waals surface area contributed by atoms with E-state index in [-0.39, 0.29) is 17.5 Å². The Bertz CT molecular complexity index is 1190. The van der Waals surface area contributed by atoms with Crippen molar-refractivity contribution < 1.29 is 4.79 Å². The SMILES string of the molecule is O=C(CCc1nc2ccccc2c(=O)n1C1CC1)NCc1ccc(CN2CCCCCC2)cc1. The summed E-state index contributed by atoms with van der Waals surface area (Å²) in [6.07, 6.45) is 8.11. The smallest absolute Gasteiger partial charge is 0.261 e. The Kier molecular flexibility index (Phi) is 7.05. The Morgan fingerprint density at radius 1 is 0.941 bits per heavy atom. The molecular weight excluding hydrogens is 424 g/mol. The first kappa shape index (κ1) is 22.8. The Balaban J connectivity index is 1.15. The van der Waals surface area contributed by atoms with Crippen LogP contribution in [0.5, 0.6) is 0 Å². The van der Waals surface area contributed by atoms with E-state index in [0.29, 0.717) is 30.3 Å². The van der Waals surface area contributed by atoms with Crippen molar-refractivity contribution in [3.8, 4) is 0 Å². The summed E-state index contributed by atoms with van der Waals surface area (Å²) in [5, 5.41) is 3.68. The first-order valence-corrected chi connectivity index (χ1v) is 12.7. The van der Waals surface area contributed by atoms with Gasteiger partial charge < -0.3 is 5.32 Å². The molecule has 1 N–H and O–H groups in total. The highest BCUT2D eigenvalue weighted by atomic mass is 16.1. The van der Waals surface area contributed by atoms with Crippen molar-refractivity contribution in [2.24, 2.45) is 0 Å². The largest absolute Gasteiger partial charge is 0.352 e. The number of hydrogen-bond donors (Lipinski definition) is 1. The lowest BCUT2D eigenvalue weighted by Crippen LogP contribution is -2.27. The minimum absolute atomic E-state index is 0.0154. The zero-order chi connectivity index (χ0) is 23.3. The molecule has 2 aromatic carbocycles. The number of hydrogen-bond acceptors (Lipinski definition) is 4. The molecule has 1 saturated carbocycles. The Hall–Kier alpha value is -2.99. The zero-order valence-electron chi connectivity index (χ0n) is 19.8. The predicted octanol–water partition coefficient (Wildman–Crippen LogP) is 4.36. The first-order chi connectivity index (χ1) is 16.7. The van der Waals surface area contributed by atoms with Crippen molar-refractivity contribution in [2.75, 3.05) is 13.1 Å². The molecule has 1 saturated heterocycles. The summed E-state index contributed by atoms with van der Waals surface area (Å²) in [6.45, 7) is 3.91. The molecular formula is C28H34N4O2. The summed E-state index contributed by atoms with van der Waals surface area (Å²) in [5.74, 6) is 0.706. The van der Waals surface area contributed by atoms with Crippen molar-refractivity contribution in [3.63, 3.8) is 0 Å². The Labute approximate surface area is 201 Å². The molecule has 5 rings (SSSR count). The number of para-hydroxylation sites is 1. The van der Waals surface area contributed by atoms with Gasteiger partial charge in [-0.1, -0.05) is 49.2 Å². The maximum absolute atomic E-state index is 13.0. The second-order valence-electron chi connectivity index (χ2n) is 9.74. The third-order valence-corrected chi connectivity index (χ3v) is 6.99. The van der Waals surface area contributed by atoms with Gasteiger partial charge in [-0.05, 0) is 62.0 Å². The van der Waals surface area contributed by atoms with Gasteiger partial charge in [-0.3, -0.25) is 19.1 Å². The van der Waals surface area contributed by atoms with Crippen LogP contribution in [-0.2, 0) is 24.3 Å². The number of amides is 1. The molecule has 178 valence electrons. The molecule has 2 aliphatic rings. The highest BCUT2D eigenvalue weighted by molar-refractivity contribution is 5.78. The number of aromatic nitrogens is 2. The molecule has 6 nitrogen and oxygen atoms in total. The minimum Gasteiger partial charge on any atom is -0.352 e. The second kappa shape index (κ2) is 10.5. The molecule has 0 spiro atoms. The highest BCUT2D eigenvalue weighted by Crippen LogP contribution is 2.34. The average molecular weight is 459 g/mol. The van der Waals surface area contributed by atoms with Gasteiger partial charge in [0.1, 0.15) is 5.82 Å². The van der Waals surface area contributed by atoms with Gasteiger partial charge in [-0.25, -0.2) is 4.98 Å². The number of benzene rings is 2. The van der Waals surface area contributed by atoms with Gasteiger partial charge in [0.25, 0.3) is 5.56 Å². The van der Waals surface area contributed by atoms with Gasteiger partial charge in [0.05, 0.1) is 10.9 Å². The molecule has 0 radical (unpaired) electrons. The molecule has 6 heteroatoms. The van der Waals surface area contributed by atoms with Crippen molar-refractivity contribution in [1.82, 2.24) is 19.8 Å². The van der Waals surface area contributed by atoms with Crippen LogP contribution >= 0.6 is 0 Å². The summed E-state index contributed by atoms with van der Waals surface area (Å²) in [5.41, 5.74) is 3.16. The van der Waals surface area contributed by atoms with Crippen molar-refractivity contribution in [3.05, 3.63) is 75.8 Å². The van der Waals surface area contributed by atoms with E-state index >= 15 is 0 Å². The van der Waals surface area contributed by atoms with Crippen molar-refractivity contribution in [2.45, 2.75) is 70.5 Å². The summed E-state index contributed by atoms with van der Waals surface area (Å²) in [6, 6.07) is 16.3. The molecule has 0 bridgehead atoms. The fraction of sp³-hybridized carbons (Fsp3) is 0.464. The van der Waals surface area contributed by atoms with E-state index in [1.807, 2.05) is 28.8 Å². The third kappa shape index (κ3) is 5.55. The Morgan fingerprint density at radius 2 is 1.65 bits per heavy atom. The fourth-order valence-electron chi connectivity index (χ4n) is 4.91. The van der Waals surface area contributed by atoms with Crippen molar-refractivity contribution >= 4 is 16.8 Å². The lowest BCUT2D eigenvalue weighted by atomic mass is 10.1. The summed E-state index contributed by atoms with van der Waals surface area (Å²) in [4.78, 5) is 32.8. The third-order valence-electron chi connectivity index (χ3n) is 6.99.